The van der Waals surface area contributed by atoms with Gasteiger partial charge in [-0.3, -0.25) is 0 Å². The number of esters is 1. The number of carbonyl (C=O) groups is 1. The highest BCUT2D eigenvalue weighted by atomic mass is 16.5. The first-order chi connectivity index (χ1) is 13.7. The second kappa shape index (κ2) is 7.62. The third-order valence-corrected chi connectivity index (χ3v) is 5.54. The molecule has 0 aliphatic carbocycles. The Morgan fingerprint density at radius 2 is 1.79 bits per heavy atom. The van der Waals surface area contributed by atoms with Crippen molar-refractivity contribution in [3.8, 4) is 11.5 Å². The normalized spacial score (nSPS) is 20.4. The van der Waals surface area contributed by atoms with E-state index < -0.39 is 6.04 Å². The van der Waals surface area contributed by atoms with Crippen LogP contribution in [0.25, 0.3) is 0 Å². The Balaban J connectivity index is 1.85. The largest absolute Gasteiger partial charge is 0.497 e. The zero-order chi connectivity index (χ0) is 19.7. The van der Waals surface area contributed by atoms with E-state index in [-0.39, 0.29) is 12.1 Å². The van der Waals surface area contributed by atoms with Crippen molar-refractivity contribution in [2.75, 3.05) is 37.2 Å². The van der Waals surface area contributed by atoms with E-state index in [0.717, 1.165) is 47.8 Å². The Hall–Kier alpha value is -2.89. The van der Waals surface area contributed by atoms with E-state index in [1.54, 1.807) is 14.2 Å². The van der Waals surface area contributed by atoms with Gasteiger partial charge in [-0.05, 0) is 50.1 Å². The zero-order valence-corrected chi connectivity index (χ0v) is 16.6. The second-order valence-electron chi connectivity index (χ2n) is 7.00. The van der Waals surface area contributed by atoms with E-state index in [2.05, 4.69) is 9.80 Å². The van der Waals surface area contributed by atoms with Crippen LogP contribution in [0.4, 0.5) is 11.4 Å². The predicted molar refractivity (Wildman–Crippen MR) is 108 cm³/mol. The Morgan fingerprint density at radius 3 is 2.46 bits per heavy atom. The van der Waals surface area contributed by atoms with Crippen molar-refractivity contribution in [1.29, 1.82) is 0 Å². The summed E-state index contributed by atoms with van der Waals surface area (Å²) in [4.78, 5) is 17.6. The number of nitrogens with zero attached hydrogens (tertiary/aromatic N) is 2. The molecule has 6 nitrogen and oxygen atoms in total. The van der Waals surface area contributed by atoms with Crippen LogP contribution in [0.5, 0.6) is 11.5 Å². The topological polar surface area (TPSA) is 51.2 Å². The monoisotopic (exact) mass is 382 g/mol. The summed E-state index contributed by atoms with van der Waals surface area (Å²) in [6.07, 6.45) is 2.16. The van der Waals surface area contributed by atoms with Crippen LogP contribution in [0.1, 0.15) is 31.4 Å². The smallest absolute Gasteiger partial charge is 0.333 e. The summed E-state index contributed by atoms with van der Waals surface area (Å²) in [6.45, 7) is 3.15. The van der Waals surface area contributed by atoms with Crippen molar-refractivity contribution in [1.82, 2.24) is 0 Å². The molecule has 2 aromatic rings. The van der Waals surface area contributed by atoms with Crippen molar-refractivity contribution >= 4 is 17.3 Å². The lowest BCUT2D eigenvalue weighted by Gasteiger charge is -2.47. The molecule has 0 bridgehead atoms. The Bertz CT molecular complexity index is 852. The van der Waals surface area contributed by atoms with Gasteiger partial charge in [-0.1, -0.05) is 6.07 Å². The molecule has 148 valence electrons. The molecule has 2 aromatic carbocycles. The van der Waals surface area contributed by atoms with Crippen LogP contribution in [0.15, 0.2) is 42.5 Å². The quantitative estimate of drug-likeness (QED) is 0.734. The number of hydrogen-bond acceptors (Lipinski definition) is 6. The van der Waals surface area contributed by atoms with E-state index in [1.165, 1.54) is 0 Å². The minimum atomic E-state index is -0.492. The van der Waals surface area contributed by atoms with Gasteiger partial charge in [0.25, 0.3) is 0 Å². The van der Waals surface area contributed by atoms with E-state index in [0.29, 0.717) is 6.61 Å². The molecule has 0 saturated carbocycles. The summed E-state index contributed by atoms with van der Waals surface area (Å²) >= 11 is 0. The average Bonchev–Trinajstić information content (AvgIpc) is 3.22. The average molecular weight is 382 g/mol. The standard InChI is InChI=1S/C22H26N2O4/c1-4-28-22(25)21-18-12-11-17(27-3)14-19(18)23-13-5-6-20(23)24(21)15-7-9-16(26-2)10-8-15/h7-12,14,20-21H,4-6,13H2,1-3H3/t20-,21+/m1/s1. The Kier molecular flexibility index (Phi) is 5.03. The molecule has 2 atom stereocenters. The van der Waals surface area contributed by atoms with Crippen LogP contribution in [-0.4, -0.2) is 39.5 Å². The predicted octanol–water partition coefficient (Wildman–Crippen LogP) is 3.75. The lowest BCUT2D eigenvalue weighted by atomic mass is 9.96. The number of rotatable bonds is 5. The third-order valence-electron chi connectivity index (χ3n) is 5.54. The maximum Gasteiger partial charge on any atom is 0.333 e. The highest BCUT2D eigenvalue weighted by Crippen LogP contribution is 2.46. The molecule has 0 amide bonds. The summed E-state index contributed by atoms with van der Waals surface area (Å²) in [5.74, 6) is 1.36. The number of hydrogen-bond donors (Lipinski definition) is 0. The summed E-state index contributed by atoms with van der Waals surface area (Å²) in [7, 11) is 3.32. The van der Waals surface area contributed by atoms with Crippen LogP contribution in [-0.2, 0) is 9.53 Å². The molecular formula is C22H26N2O4. The molecule has 2 aliphatic heterocycles. The van der Waals surface area contributed by atoms with Crippen molar-refractivity contribution in [3.63, 3.8) is 0 Å². The van der Waals surface area contributed by atoms with Gasteiger partial charge in [-0.2, -0.15) is 0 Å². The number of ether oxygens (including phenoxy) is 3. The summed E-state index contributed by atoms with van der Waals surface area (Å²) in [5, 5.41) is 0. The van der Waals surface area contributed by atoms with E-state index in [1.807, 2.05) is 49.4 Å². The highest BCUT2D eigenvalue weighted by molar-refractivity contribution is 5.87. The number of anilines is 2. The lowest BCUT2D eigenvalue weighted by molar-refractivity contribution is -0.145. The van der Waals surface area contributed by atoms with Crippen LogP contribution in [0, 0.1) is 0 Å². The SMILES string of the molecule is CCOC(=O)[C@@H]1c2ccc(OC)cc2N2CCC[C@H]2N1c1ccc(OC)cc1. The maximum atomic E-state index is 13.1. The zero-order valence-electron chi connectivity index (χ0n) is 16.6. The van der Waals surface area contributed by atoms with Crippen molar-refractivity contribution in [2.45, 2.75) is 32.0 Å². The van der Waals surface area contributed by atoms with E-state index in [4.69, 9.17) is 14.2 Å². The van der Waals surface area contributed by atoms with Crippen LogP contribution in [0.3, 0.4) is 0 Å². The molecule has 28 heavy (non-hydrogen) atoms. The van der Waals surface area contributed by atoms with Crippen LogP contribution < -0.4 is 19.3 Å². The molecule has 0 N–H and O–H groups in total. The molecule has 0 unspecified atom stereocenters. The molecule has 0 radical (unpaired) electrons. The fraction of sp³-hybridized carbons (Fsp3) is 0.409. The number of fused-ring (bicyclic) bond motifs is 3. The van der Waals surface area contributed by atoms with Crippen LogP contribution >= 0.6 is 0 Å². The van der Waals surface area contributed by atoms with Crippen LogP contribution in [0.2, 0.25) is 0 Å². The maximum absolute atomic E-state index is 13.1. The van der Waals surface area contributed by atoms with Crippen molar-refractivity contribution in [3.05, 3.63) is 48.0 Å². The lowest BCUT2D eigenvalue weighted by Crippen LogP contribution is -2.53. The summed E-state index contributed by atoms with van der Waals surface area (Å²) in [6, 6.07) is 13.3. The van der Waals surface area contributed by atoms with Crippen molar-refractivity contribution in [2.24, 2.45) is 0 Å². The van der Waals surface area contributed by atoms with Gasteiger partial charge in [0, 0.05) is 29.5 Å². The first-order valence-electron chi connectivity index (χ1n) is 9.71. The van der Waals surface area contributed by atoms with Gasteiger partial charge in [-0.25, -0.2) is 4.79 Å². The minimum Gasteiger partial charge on any atom is -0.497 e. The molecule has 0 spiro atoms. The highest BCUT2D eigenvalue weighted by Gasteiger charge is 2.45. The van der Waals surface area contributed by atoms with Gasteiger partial charge < -0.3 is 24.0 Å². The first-order valence-corrected chi connectivity index (χ1v) is 9.71. The van der Waals surface area contributed by atoms with E-state index in [9.17, 15) is 4.79 Å². The summed E-state index contributed by atoms with van der Waals surface area (Å²) in [5.41, 5.74) is 3.00. The van der Waals surface area contributed by atoms with Gasteiger partial charge >= 0.3 is 5.97 Å². The molecule has 0 aromatic heterocycles. The number of methoxy groups -OCH3 is 2. The number of carbonyl (C=O) groups excluding carboxylic acids is 1. The molecule has 4 rings (SSSR count). The summed E-state index contributed by atoms with van der Waals surface area (Å²) < 4.78 is 16.2. The molecular weight excluding hydrogens is 356 g/mol. The molecule has 2 heterocycles. The van der Waals surface area contributed by atoms with Gasteiger partial charge in [0.05, 0.1) is 20.8 Å². The van der Waals surface area contributed by atoms with Gasteiger partial charge in [0.1, 0.15) is 17.7 Å². The fourth-order valence-corrected chi connectivity index (χ4v) is 4.31. The van der Waals surface area contributed by atoms with Gasteiger partial charge in [0.15, 0.2) is 6.04 Å². The Labute approximate surface area is 165 Å². The Morgan fingerprint density at radius 1 is 1.07 bits per heavy atom. The minimum absolute atomic E-state index is 0.0995. The van der Waals surface area contributed by atoms with Gasteiger partial charge in [-0.15, -0.1) is 0 Å². The third kappa shape index (κ3) is 3.03. The van der Waals surface area contributed by atoms with Gasteiger partial charge in [0.2, 0.25) is 0 Å². The molecule has 1 fully saturated rings. The first kappa shape index (κ1) is 18.5. The number of benzene rings is 2. The molecule has 1 saturated heterocycles. The second-order valence-corrected chi connectivity index (χ2v) is 7.00. The fourth-order valence-electron chi connectivity index (χ4n) is 4.31. The van der Waals surface area contributed by atoms with Crippen molar-refractivity contribution < 1.29 is 19.0 Å². The van der Waals surface area contributed by atoms with E-state index >= 15 is 0 Å². The molecule has 2 aliphatic rings. The molecule has 6 heteroatoms.